The monoisotopic (exact) mass is 984 g/mol. The molecule has 4 nitrogen and oxygen atoms in total. The number of nitrogens with zero attached hydrogens (tertiary/aromatic N) is 2. The highest BCUT2D eigenvalue weighted by Crippen LogP contribution is 2.55. The van der Waals surface area contributed by atoms with Crippen LogP contribution in [0.1, 0.15) is 25.0 Å². The van der Waals surface area contributed by atoms with Crippen molar-refractivity contribution >= 4 is 93.5 Å². The van der Waals surface area contributed by atoms with Gasteiger partial charge in [-0.05, 0) is 98.9 Å². The van der Waals surface area contributed by atoms with Crippen LogP contribution in [0, 0.1) is 0 Å². The molecular weight excluding hydrogens is 937 g/mol. The Balaban J connectivity index is 0.983. The SMILES string of the molecule is CC1(C)c2ccccc2-c2c1cc(N(c1ccc(-c3ccccc3)cc1)c1ccc3c4ccccc4n(-c4cc(-c5cccc6c5oc5ccccc56)ccc4-c4cccc5c4oc4ccccc45)c3c1)c1ccccc21. The van der Waals surface area contributed by atoms with Gasteiger partial charge in [-0.2, -0.15) is 0 Å². The van der Waals surface area contributed by atoms with Gasteiger partial charge >= 0.3 is 0 Å². The normalized spacial score (nSPS) is 12.9. The molecular formula is C73H48N2O2. The second-order valence-electron chi connectivity index (χ2n) is 21.1. The van der Waals surface area contributed by atoms with Crippen LogP contribution in [0.2, 0.25) is 0 Å². The number of para-hydroxylation sites is 5. The third-order valence-electron chi connectivity index (χ3n) is 16.6. The maximum atomic E-state index is 6.85. The zero-order valence-electron chi connectivity index (χ0n) is 42.5. The predicted molar refractivity (Wildman–Crippen MR) is 321 cm³/mol. The van der Waals surface area contributed by atoms with Crippen LogP contribution in [-0.2, 0) is 5.41 Å². The lowest BCUT2D eigenvalue weighted by Crippen LogP contribution is -2.17. The first-order valence-corrected chi connectivity index (χ1v) is 26.6. The second kappa shape index (κ2) is 16.6. The predicted octanol–water partition coefficient (Wildman–Crippen LogP) is 20.5. The molecule has 362 valence electrons. The van der Waals surface area contributed by atoms with Gasteiger partial charge in [0.25, 0.3) is 0 Å². The van der Waals surface area contributed by atoms with E-state index in [2.05, 4.69) is 266 Å². The van der Waals surface area contributed by atoms with Crippen molar-refractivity contribution in [2.24, 2.45) is 0 Å². The quantitative estimate of drug-likeness (QED) is 0.160. The lowest BCUT2D eigenvalue weighted by molar-refractivity contribution is 0.661. The van der Waals surface area contributed by atoms with Crippen molar-refractivity contribution in [3.05, 3.63) is 266 Å². The molecule has 16 rings (SSSR count). The molecule has 15 aromatic rings. The van der Waals surface area contributed by atoms with Gasteiger partial charge in [-0.15, -0.1) is 0 Å². The maximum Gasteiger partial charge on any atom is 0.143 e. The Labute approximate surface area is 444 Å². The summed E-state index contributed by atoms with van der Waals surface area (Å²) in [7, 11) is 0. The van der Waals surface area contributed by atoms with Crippen LogP contribution < -0.4 is 4.90 Å². The fraction of sp³-hybridized carbons (Fsp3) is 0.0411. The van der Waals surface area contributed by atoms with E-state index < -0.39 is 0 Å². The number of hydrogen-bond donors (Lipinski definition) is 0. The van der Waals surface area contributed by atoms with Crippen molar-refractivity contribution in [1.82, 2.24) is 4.57 Å². The van der Waals surface area contributed by atoms with Gasteiger partial charge in [0.2, 0.25) is 0 Å². The van der Waals surface area contributed by atoms with Crippen molar-refractivity contribution < 1.29 is 8.83 Å². The van der Waals surface area contributed by atoms with Gasteiger partial charge in [-0.1, -0.05) is 214 Å². The third-order valence-corrected chi connectivity index (χ3v) is 16.6. The van der Waals surface area contributed by atoms with E-state index in [9.17, 15) is 0 Å². The van der Waals surface area contributed by atoms with E-state index in [0.29, 0.717) is 0 Å². The third kappa shape index (κ3) is 6.46. The van der Waals surface area contributed by atoms with E-state index >= 15 is 0 Å². The van der Waals surface area contributed by atoms with Crippen molar-refractivity contribution in [2.45, 2.75) is 19.3 Å². The summed E-state index contributed by atoms with van der Waals surface area (Å²) in [5, 5.41) is 9.18. The molecule has 1 aliphatic rings. The Kier molecular flexibility index (Phi) is 9.35. The Morgan fingerprint density at radius 2 is 0.883 bits per heavy atom. The van der Waals surface area contributed by atoms with Crippen LogP contribution in [-0.4, -0.2) is 4.57 Å². The Morgan fingerprint density at radius 3 is 1.64 bits per heavy atom. The molecule has 77 heavy (non-hydrogen) atoms. The number of rotatable bonds is 7. The van der Waals surface area contributed by atoms with Gasteiger partial charge in [-0.3, -0.25) is 0 Å². The summed E-state index contributed by atoms with van der Waals surface area (Å²) in [5.41, 5.74) is 21.6. The van der Waals surface area contributed by atoms with Crippen LogP contribution in [0.25, 0.3) is 127 Å². The van der Waals surface area contributed by atoms with Crippen LogP contribution >= 0.6 is 0 Å². The summed E-state index contributed by atoms with van der Waals surface area (Å²) in [6, 6.07) is 92.8. The first-order valence-electron chi connectivity index (χ1n) is 26.6. The van der Waals surface area contributed by atoms with Gasteiger partial charge in [0.15, 0.2) is 0 Å². The summed E-state index contributed by atoms with van der Waals surface area (Å²) in [6.07, 6.45) is 0. The molecule has 0 atom stereocenters. The molecule has 0 saturated carbocycles. The summed E-state index contributed by atoms with van der Waals surface area (Å²) >= 11 is 0. The number of hydrogen-bond acceptors (Lipinski definition) is 3. The Hall–Kier alpha value is -9.90. The average molecular weight is 985 g/mol. The minimum Gasteiger partial charge on any atom is -0.455 e. The lowest BCUT2D eigenvalue weighted by Gasteiger charge is -2.30. The number of benzene rings is 12. The van der Waals surface area contributed by atoms with E-state index in [1.54, 1.807) is 0 Å². The highest BCUT2D eigenvalue weighted by molar-refractivity contribution is 6.15. The summed E-state index contributed by atoms with van der Waals surface area (Å²) in [6.45, 7) is 4.76. The standard InChI is InChI=1S/C73H48N2O2/c1-73(2)62-30-12-8-25-61(62)70-57-24-7-6-21-52(57)67(44-63(70)73)74(48-37-34-46(35-38-48)45-18-4-3-5-19-45)49-39-41-53-51-20-9-13-31-64(51)75(66(53)43-49)65-42-47(50-26-16-28-59-55-22-10-14-32-68(55)76-71(50)59)36-40-54(65)58-27-17-29-60-56-23-11-15-33-69(56)77-72(58)60/h3-44H,1-2H3. The van der Waals surface area contributed by atoms with E-state index in [4.69, 9.17) is 8.83 Å². The van der Waals surface area contributed by atoms with E-state index in [-0.39, 0.29) is 5.41 Å². The Morgan fingerprint density at radius 1 is 0.338 bits per heavy atom. The largest absolute Gasteiger partial charge is 0.455 e. The van der Waals surface area contributed by atoms with Gasteiger partial charge in [-0.25, -0.2) is 0 Å². The molecule has 0 bridgehead atoms. The molecule has 0 fully saturated rings. The molecule has 0 amide bonds. The zero-order valence-corrected chi connectivity index (χ0v) is 42.5. The second-order valence-corrected chi connectivity index (χ2v) is 21.1. The minimum atomic E-state index is -0.221. The average Bonchev–Trinajstić information content (AvgIpc) is 4.25. The van der Waals surface area contributed by atoms with Crippen LogP contribution in [0.3, 0.4) is 0 Å². The number of anilines is 3. The molecule has 0 saturated heterocycles. The van der Waals surface area contributed by atoms with Crippen molar-refractivity contribution in [1.29, 1.82) is 0 Å². The molecule has 3 heterocycles. The van der Waals surface area contributed by atoms with Crippen molar-refractivity contribution in [3.8, 4) is 50.2 Å². The lowest BCUT2D eigenvalue weighted by atomic mass is 9.81. The number of aromatic nitrogens is 1. The molecule has 0 aliphatic heterocycles. The first kappa shape index (κ1) is 43.5. The first-order chi connectivity index (χ1) is 38.0. The fourth-order valence-electron chi connectivity index (χ4n) is 13.0. The summed E-state index contributed by atoms with van der Waals surface area (Å²) in [4.78, 5) is 2.49. The van der Waals surface area contributed by atoms with E-state index in [1.165, 1.54) is 49.5 Å². The smallest absolute Gasteiger partial charge is 0.143 e. The summed E-state index contributed by atoms with van der Waals surface area (Å²) in [5.74, 6) is 0. The minimum absolute atomic E-state index is 0.221. The molecule has 0 radical (unpaired) electrons. The van der Waals surface area contributed by atoms with Crippen LogP contribution in [0.5, 0.6) is 0 Å². The van der Waals surface area contributed by atoms with Crippen LogP contribution in [0.4, 0.5) is 17.1 Å². The highest BCUT2D eigenvalue weighted by Gasteiger charge is 2.38. The molecule has 0 N–H and O–H groups in total. The molecule has 1 aliphatic carbocycles. The van der Waals surface area contributed by atoms with Gasteiger partial charge in [0.05, 0.1) is 22.4 Å². The highest BCUT2D eigenvalue weighted by atomic mass is 16.3. The van der Waals surface area contributed by atoms with E-state index in [1.807, 2.05) is 12.1 Å². The Bertz CT molecular complexity index is 4900. The van der Waals surface area contributed by atoms with Gasteiger partial charge < -0.3 is 18.3 Å². The summed E-state index contributed by atoms with van der Waals surface area (Å²) < 4.78 is 16.1. The molecule has 3 aromatic heterocycles. The molecule has 4 heteroatoms. The molecule has 0 unspecified atom stereocenters. The fourth-order valence-corrected chi connectivity index (χ4v) is 13.0. The van der Waals surface area contributed by atoms with Gasteiger partial charge in [0.1, 0.15) is 22.3 Å². The van der Waals surface area contributed by atoms with Crippen LogP contribution in [0.15, 0.2) is 264 Å². The topological polar surface area (TPSA) is 34.5 Å². The van der Waals surface area contributed by atoms with Crippen molar-refractivity contribution in [3.63, 3.8) is 0 Å². The zero-order chi connectivity index (χ0) is 50.9. The maximum absolute atomic E-state index is 6.85. The van der Waals surface area contributed by atoms with E-state index in [0.717, 1.165) is 105 Å². The molecule has 12 aromatic carbocycles. The molecule has 0 spiro atoms. The number of furan rings is 2. The number of fused-ring (bicyclic) bond motifs is 14. The van der Waals surface area contributed by atoms with Gasteiger partial charge in [0, 0.05) is 71.2 Å². The van der Waals surface area contributed by atoms with Crippen molar-refractivity contribution in [2.75, 3.05) is 4.90 Å².